The largest absolute Gasteiger partial charge is 0.326 e. The molecule has 0 bridgehead atoms. The van der Waals surface area contributed by atoms with Gasteiger partial charge in [-0.1, -0.05) is 55.1 Å². The van der Waals surface area contributed by atoms with E-state index in [2.05, 4.69) is 15.5 Å². The number of sulfone groups is 1. The van der Waals surface area contributed by atoms with E-state index >= 15 is 0 Å². The standard InChI is InChI=1S/C31H34ClN3O4S/c32-29-15-14-27(34-30(36)24-4-2-1-3-5-24)20-28(29)23-8-10-25(11-9-23)31(37)33-26-12-6-22(7-13-26)21-35-16-18-40(38,39)19-17-35/h6-15,20,24H,1-5,16-19,21H2,(H,33,37)(H,34,36). The van der Waals surface area contributed by atoms with Gasteiger partial charge in [-0.3, -0.25) is 14.5 Å². The van der Waals surface area contributed by atoms with Crippen LogP contribution in [-0.4, -0.2) is 49.7 Å². The summed E-state index contributed by atoms with van der Waals surface area (Å²) in [5.74, 6) is 0.316. The van der Waals surface area contributed by atoms with Gasteiger partial charge in [0.1, 0.15) is 0 Å². The Hall–Kier alpha value is -3.20. The van der Waals surface area contributed by atoms with Crippen LogP contribution in [0.4, 0.5) is 11.4 Å². The fourth-order valence-corrected chi connectivity index (χ4v) is 6.80. The second-order valence-corrected chi connectivity index (χ2v) is 13.4. The first-order chi connectivity index (χ1) is 19.3. The van der Waals surface area contributed by atoms with Crippen LogP contribution in [0.15, 0.2) is 66.7 Å². The third kappa shape index (κ3) is 7.30. The maximum Gasteiger partial charge on any atom is 0.255 e. The Morgan fingerprint density at radius 3 is 2.15 bits per heavy atom. The molecule has 0 unspecified atom stereocenters. The van der Waals surface area contributed by atoms with Crippen molar-refractivity contribution in [3.63, 3.8) is 0 Å². The highest BCUT2D eigenvalue weighted by Gasteiger charge is 2.22. The number of nitrogens with one attached hydrogen (secondary N) is 2. The molecule has 1 saturated heterocycles. The second kappa shape index (κ2) is 12.5. The van der Waals surface area contributed by atoms with Crippen LogP contribution in [0.2, 0.25) is 5.02 Å². The predicted octanol–water partition coefficient (Wildman–Crippen LogP) is 6.01. The van der Waals surface area contributed by atoms with Gasteiger partial charge in [0.25, 0.3) is 5.91 Å². The summed E-state index contributed by atoms with van der Waals surface area (Å²) in [6.07, 6.45) is 5.28. The lowest BCUT2D eigenvalue weighted by atomic mass is 9.88. The molecular weight excluding hydrogens is 546 g/mol. The monoisotopic (exact) mass is 579 g/mol. The average Bonchev–Trinajstić information content (AvgIpc) is 2.97. The SMILES string of the molecule is O=C(Nc1ccc(CN2CCS(=O)(=O)CC2)cc1)c1ccc(-c2cc(NC(=O)C3CCCCC3)ccc2Cl)cc1. The third-order valence-corrected chi connectivity index (χ3v) is 9.66. The Bertz CT molecular complexity index is 1450. The number of benzene rings is 3. The van der Waals surface area contributed by atoms with E-state index in [-0.39, 0.29) is 29.2 Å². The lowest BCUT2D eigenvalue weighted by Crippen LogP contribution is -2.39. The number of anilines is 2. The van der Waals surface area contributed by atoms with Crippen LogP contribution in [0.1, 0.15) is 48.0 Å². The lowest BCUT2D eigenvalue weighted by molar-refractivity contribution is -0.120. The molecule has 1 aliphatic carbocycles. The molecule has 1 heterocycles. The maximum atomic E-state index is 12.9. The topological polar surface area (TPSA) is 95.6 Å². The van der Waals surface area contributed by atoms with Gasteiger partial charge < -0.3 is 10.6 Å². The van der Waals surface area contributed by atoms with Crippen LogP contribution >= 0.6 is 11.6 Å². The molecule has 2 N–H and O–H groups in total. The summed E-state index contributed by atoms with van der Waals surface area (Å²) in [6, 6.07) is 20.3. The highest BCUT2D eigenvalue weighted by molar-refractivity contribution is 7.91. The van der Waals surface area contributed by atoms with Crippen molar-refractivity contribution >= 4 is 44.6 Å². The van der Waals surface area contributed by atoms with Crippen LogP contribution in [0, 0.1) is 5.92 Å². The van der Waals surface area contributed by atoms with Gasteiger partial charge in [-0.25, -0.2) is 8.42 Å². The molecule has 210 valence electrons. The molecule has 3 aromatic rings. The Kier molecular flexibility index (Phi) is 8.88. The van der Waals surface area contributed by atoms with Crippen molar-refractivity contribution in [2.45, 2.75) is 38.6 Å². The molecule has 0 spiro atoms. The highest BCUT2D eigenvalue weighted by atomic mass is 35.5. The summed E-state index contributed by atoms with van der Waals surface area (Å²) >= 11 is 6.49. The number of rotatable bonds is 7. The van der Waals surface area contributed by atoms with E-state index in [0.717, 1.165) is 42.4 Å². The number of halogens is 1. The minimum Gasteiger partial charge on any atom is -0.326 e. The Morgan fingerprint density at radius 2 is 1.48 bits per heavy atom. The van der Waals surface area contributed by atoms with Crippen molar-refractivity contribution in [2.75, 3.05) is 35.2 Å². The molecule has 7 nitrogen and oxygen atoms in total. The molecule has 3 aromatic carbocycles. The van der Waals surface area contributed by atoms with E-state index in [1.807, 2.05) is 48.5 Å². The molecule has 0 radical (unpaired) electrons. The summed E-state index contributed by atoms with van der Waals surface area (Å²) in [6.45, 7) is 1.77. The van der Waals surface area contributed by atoms with E-state index < -0.39 is 9.84 Å². The number of hydrogen-bond donors (Lipinski definition) is 2. The summed E-state index contributed by atoms with van der Waals surface area (Å²) in [7, 11) is -2.90. The van der Waals surface area contributed by atoms with Crippen molar-refractivity contribution in [3.05, 3.63) is 82.9 Å². The van der Waals surface area contributed by atoms with Crippen molar-refractivity contribution in [2.24, 2.45) is 5.92 Å². The smallest absolute Gasteiger partial charge is 0.255 e. The van der Waals surface area contributed by atoms with E-state index in [4.69, 9.17) is 11.6 Å². The van der Waals surface area contributed by atoms with Gasteiger partial charge in [0.15, 0.2) is 9.84 Å². The average molecular weight is 580 g/mol. The molecule has 40 heavy (non-hydrogen) atoms. The van der Waals surface area contributed by atoms with Crippen molar-refractivity contribution in [3.8, 4) is 11.1 Å². The van der Waals surface area contributed by atoms with Gasteiger partial charge in [0, 0.05) is 53.1 Å². The van der Waals surface area contributed by atoms with Crippen molar-refractivity contribution in [1.29, 1.82) is 0 Å². The number of hydrogen-bond acceptors (Lipinski definition) is 5. The van der Waals surface area contributed by atoms with Crippen LogP contribution < -0.4 is 10.6 Å². The Labute approximate surface area is 240 Å². The molecule has 0 atom stereocenters. The summed E-state index contributed by atoms with van der Waals surface area (Å²) in [5, 5.41) is 6.54. The quantitative estimate of drug-likeness (QED) is 0.357. The first-order valence-electron chi connectivity index (χ1n) is 13.8. The van der Waals surface area contributed by atoms with Gasteiger partial charge in [0.2, 0.25) is 5.91 Å². The zero-order valence-corrected chi connectivity index (χ0v) is 23.9. The van der Waals surface area contributed by atoms with Gasteiger partial charge in [-0.2, -0.15) is 0 Å². The first-order valence-corrected chi connectivity index (χ1v) is 16.0. The van der Waals surface area contributed by atoms with E-state index in [1.54, 1.807) is 18.2 Å². The number of nitrogens with zero attached hydrogens (tertiary/aromatic N) is 1. The number of carbonyl (C=O) groups is 2. The Balaban J connectivity index is 1.19. The molecule has 0 aromatic heterocycles. The molecule has 2 fully saturated rings. The zero-order chi connectivity index (χ0) is 28.1. The van der Waals surface area contributed by atoms with Gasteiger partial charge in [0.05, 0.1) is 11.5 Å². The molecular formula is C31H34ClN3O4S. The lowest BCUT2D eigenvalue weighted by Gasteiger charge is -2.26. The predicted molar refractivity (Wildman–Crippen MR) is 160 cm³/mol. The van der Waals surface area contributed by atoms with Crippen molar-refractivity contribution in [1.82, 2.24) is 4.90 Å². The van der Waals surface area contributed by atoms with Crippen LogP contribution in [0.5, 0.6) is 0 Å². The van der Waals surface area contributed by atoms with Crippen LogP contribution in [0.3, 0.4) is 0 Å². The van der Waals surface area contributed by atoms with E-state index in [1.165, 1.54) is 6.42 Å². The first kappa shape index (κ1) is 28.3. The van der Waals surface area contributed by atoms with E-state index in [0.29, 0.717) is 41.6 Å². The minimum absolute atomic E-state index is 0.0648. The molecule has 2 amide bonds. The van der Waals surface area contributed by atoms with Gasteiger partial charge in [-0.15, -0.1) is 0 Å². The minimum atomic E-state index is -2.90. The van der Waals surface area contributed by atoms with Gasteiger partial charge >= 0.3 is 0 Å². The fraction of sp³-hybridized carbons (Fsp3) is 0.355. The van der Waals surface area contributed by atoms with Crippen LogP contribution in [0.25, 0.3) is 11.1 Å². The third-order valence-electron chi connectivity index (χ3n) is 7.72. The second-order valence-electron chi connectivity index (χ2n) is 10.7. The Morgan fingerprint density at radius 1 is 0.825 bits per heavy atom. The van der Waals surface area contributed by atoms with Crippen molar-refractivity contribution < 1.29 is 18.0 Å². The summed E-state index contributed by atoms with van der Waals surface area (Å²) in [4.78, 5) is 27.7. The molecule has 5 rings (SSSR count). The van der Waals surface area contributed by atoms with E-state index in [9.17, 15) is 18.0 Å². The molecule has 1 saturated carbocycles. The summed E-state index contributed by atoms with van der Waals surface area (Å²) in [5.41, 5.74) is 4.62. The van der Waals surface area contributed by atoms with Crippen LogP contribution in [-0.2, 0) is 21.2 Å². The number of carbonyl (C=O) groups excluding carboxylic acids is 2. The fourth-order valence-electron chi connectivity index (χ4n) is 5.30. The molecule has 2 aliphatic rings. The maximum absolute atomic E-state index is 12.9. The molecule has 1 aliphatic heterocycles. The van der Waals surface area contributed by atoms with Gasteiger partial charge in [-0.05, 0) is 66.4 Å². The highest BCUT2D eigenvalue weighted by Crippen LogP contribution is 2.32. The zero-order valence-electron chi connectivity index (χ0n) is 22.4. The summed E-state index contributed by atoms with van der Waals surface area (Å²) < 4.78 is 23.3. The normalized spacial score (nSPS) is 17.7. The number of amides is 2. The molecule has 9 heteroatoms.